The normalized spacial score (nSPS) is 19.7. The molecule has 0 saturated carbocycles. The second kappa shape index (κ2) is 9.07. The van der Waals surface area contributed by atoms with E-state index in [0.29, 0.717) is 29.5 Å². The molecule has 2 aromatic heterocycles. The Kier molecular flexibility index (Phi) is 6.51. The third-order valence-corrected chi connectivity index (χ3v) is 5.24. The van der Waals surface area contributed by atoms with Gasteiger partial charge >= 0.3 is 6.09 Å². The number of aryl methyl sites for hydroxylation is 1. The summed E-state index contributed by atoms with van der Waals surface area (Å²) in [5.41, 5.74) is 1.49. The number of rotatable bonds is 6. The van der Waals surface area contributed by atoms with Crippen LogP contribution in [0.2, 0.25) is 0 Å². The average molecular weight is 400 g/mol. The van der Waals surface area contributed by atoms with Crippen LogP contribution in [0.5, 0.6) is 17.5 Å². The molecule has 0 aromatic carbocycles. The van der Waals surface area contributed by atoms with E-state index in [1.54, 1.807) is 6.20 Å². The van der Waals surface area contributed by atoms with Gasteiger partial charge < -0.3 is 19.1 Å². The number of nitrogens with zero attached hydrogens (tertiary/aromatic N) is 4. The molecule has 1 saturated heterocycles. The highest BCUT2D eigenvalue weighted by atomic mass is 16.5. The Balaban J connectivity index is 1.68. The number of ether oxygens (including phenoxy) is 3. The monoisotopic (exact) mass is 400 g/mol. The lowest BCUT2D eigenvalue weighted by molar-refractivity contribution is 0.0904. The van der Waals surface area contributed by atoms with Gasteiger partial charge in [0.2, 0.25) is 11.8 Å². The summed E-state index contributed by atoms with van der Waals surface area (Å²) in [6.07, 6.45) is 5.30. The first-order chi connectivity index (χ1) is 13.9. The number of hydrogen-bond donors (Lipinski definition) is 0. The SMILES string of the molecule is COC(=O)N1C(C)CCC1C[C@@H](C)Oc1ncnc(Oc2cccnc2C)c1C. The fourth-order valence-electron chi connectivity index (χ4n) is 3.68. The van der Waals surface area contributed by atoms with Crippen molar-refractivity contribution in [3.05, 3.63) is 35.9 Å². The lowest BCUT2D eigenvalue weighted by Gasteiger charge is -2.29. The van der Waals surface area contributed by atoms with Crippen molar-refractivity contribution in [1.29, 1.82) is 0 Å². The van der Waals surface area contributed by atoms with Crippen LogP contribution in [0.15, 0.2) is 24.7 Å². The molecule has 1 amide bonds. The van der Waals surface area contributed by atoms with Crippen LogP contribution in [0, 0.1) is 13.8 Å². The first-order valence-electron chi connectivity index (χ1n) is 9.84. The maximum atomic E-state index is 12.1. The first-order valence-corrected chi connectivity index (χ1v) is 9.84. The lowest BCUT2D eigenvalue weighted by Crippen LogP contribution is -2.41. The second-order valence-corrected chi connectivity index (χ2v) is 7.42. The Morgan fingerprint density at radius 2 is 2.00 bits per heavy atom. The predicted molar refractivity (Wildman–Crippen MR) is 107 cm³/mol. The van der Waals surface area contributed by atoms with Gasteiger partial charge in [-0.15, -0.1) is 0 Å². The van der Waals surface area contributed by atoms with Crippen LogP contribution < -0.4 is 9.47 Å². The number of hydrogen-bond acceptors (Lipinski definition) is 7. The number of pyridine rings is 1. The Hall–Kier alpha value is -2.90. The minimum atomic E-state index is -0.284. The lowest BCUT2D eigenvalue weighted by atomic mass is 10.1. The van der Waals surface area contributed by atoms with E-state index in [1.807, 2.05) is 44.7 Å². The van der Waals surface area contributed by atoms with Crippen molar-refractivity contribution < 1.29 is 19.0 Å². The van der Waals surface area contributed by atoms with Crippen LogP contribution in [-0.4, -0.2) is 51.2 Å². The molecule has 8 heteroatoms. The highest BCUT2D eigenvalue weighted by Crippen LogP contribution is 2.31. The number of aromatic nitrogens is 3. The average Bonchev–Trinajstić information content (AvgIpc) is 3.06. The molecule has 0 radical (unpaired) electrons. The molecular formula is C21H28N4O4. The molecule has 3 rings (SSSR count). The van der Waals surface area contributed by atoms with Crippen molar-refractivity contribution >= 4 is 6.09 Å². The summed E-state index contributed by atoms with van der Waals surface area (Å²) in [5.74, 6) is 1.55. The number of methoxy groups -OCH3 is 1. The minimum Gasteiger partial charge on any atom is -0.474 e. The van der Waals surface area contributed by atoms with E-state index in [2.05, 4.69) is 15.0 Å². The molecule has 0 aliphatic carbocycles. The first kappa shape index (κ1) is 20.8. The van der Waals surface area contributed by atoms with Gasteiger partial charge in [-0.1, -0.05) is 0 Å². The van der Waals surface area contributed by atoms with E-state index in [9.17, 15) is 4.79 Å². The van der Waals surface area contributed by atoms with E-state index in [0.717, 1.165) is 18.5 Å². The molecule has 0 bridgehead atoms. The predicted octanol–water partition coefficient (Wildman–Crippen LogP) is 4.06. The van der Waals surface area contributed by atoms with Gasteiger partial charge in [0.15, 0.2) is 5.75 Å². The highest BCUT2D eigenvalue weighted by Gasteiger charge is 2.36. The largest absolute Gasteiger partial charge is 0.474 e. The topological polar surface area (TPSA) is 86.7 Å². The molecule has 1 aliphatic rings. The molecule has 1 aliphatic heterocycles. The van der Waals surface area contributed by atoms with Crippen molar-refractivity contribution in [2.75, 3.05) is 7.11 Å². The molecule has 8 nitrogen and oxygen atoms in total. The maximum Gasteiger partial charge on any atom is 0.409 e. The molecular weight excluding hydrogens is 372 g/mol. The fraction of sp³-hybridized carbons (Fsp3) is 0.524. The van der Waals surface area contributed by atoms with Crippen molar-refractivity contribution in [2.24, 2.45) is 0 Å². The highest BCUT2D eigenvalue weighted by molar-refractivity contribution is 5.68. The van der Waals surface area contributed by atoms with Crippen LogP contribution in [0.4, 0.5) is 4.79 Å². The van der Waals surface area contributed by atoms with Crippen LogP contribution in [0.1, 0.15) is 44.4 Å². The number of likely N-dealkylation sites (tertiary alicyclic amines) is 1. The van der Waals surface area contributed by atoms with Gasteiger partial charge in [-0.05, 0) is 52.7 Å². The van der Waals surface area contributed by atoms with E-state index in [4.69, 9.17) is 14.2 Å². The summed E-state index contributed by atoms with van der Waals surface area (Å²) in [7, 11) is 1.42. The van der Waals surface area contributed by atoms with Crippen molar-refractivity contribution in [1.82, 2.24) is 19.9 Å². The quantitative estimate of drug-likeness (QED) is 0.723. The zero-order valence-corrected chi connectivity index (χ0v) is 17.6. The third kappa shape index (κ3) is 4.75. The summed E-state index contributed by atoms with van der Waals surface area (Å²) in [6, 6.07) is 3.91. The maximum absolute atomic E-state index is 12.1. The van der Waals surface area contributed by atoms with Crippen LogP contribution in [-0.2, 0) is 4.74 Å². The van der Waals surface area contributed by atoms with Gasteiger partial charge in [-0.2, -0.15) is 0 Å². The molecule has 0 N–H and O–H groups in total. The van der Waals surface area contributed by atoms with Crippen LogP contribution in [0.3, 0.4) is 0 Å². The minimum absolute atomic E-state index is 0.0864. The molecule has 0 spiro atoms. The molecule has 29 heavy (non-hydrogen) atoms. The molecule has 1 fully saturated rings. The zero-order chi connectivity index (χ0) is 21.0. The summed E-state index contributed by atoms with van der Waals surface area (Å²) in [5, 5.41) is 0. The van der Waals surface area contributed by atoms with Gasteiger partial charge in [-0.25, -0.2) is 14.8 Å². The van der Waals surface area contributed by atoms with Crippen LogP contribution in [0.25, 0.3) is 0 Å². The Bertz CT molecular complexity index is 860. The third-order valence-electron chi connectivity index (χ3n) is 5.24. The summed E-state index contributed by atoms with van der Waals surface area (Å²) >= 11 is 0. The van der Waals surface area contributed by atoms with Crippen molar-refractivity contribution in [3.8, 4) is 17.5 Å². The zero-order valence-electron chi connectivity index (χ0n) is 17.6. The summed E-state index contributed by atoms with van der Waals surface area (Å²) < 4.78 is 16.9. The smallest absolute Gasteiger partial charge is 0.409 e. The Labute approximate surface area is 171 Å². The summed E-state index contributed by atoms with van der Waals surface area (Å²) in [6.45, 7) is 7.76. The van der Waals surface area contributed by atoms with Gasteiger partial charge in [0.1, 0.15) is 6.33 Å². The molecule has 156 valence electrons. The van der Waals surface area contributed by atoms with Crippen molar-refractivity contribution in [2.45, 2.75) is 65.1 Å². The molecule has 2 aromatic rings. The van der Waals surface area contributed by atoms with Gasteiger partial charge in [0.05, 0.1) is 24.5 Å². The van der Waals surface area contributed by atoms with Crippen LogP contribution >= 0.6 is 0 Å². The number of carbonyl (C=O) groups excluding carboxylic acids is 1. The van der Waals surface area contributed by atoms with Gasteiger partial charge in [-0.3, -0.25) is 4.98 Å². The Morgan fingerprint density at radius 3 is 2.72 bits per heavy atom. The fourth-order valence-corrected chi connectivity index (χ4v) is 3.68. The van der Waals surface area contributed by atoms with E-state index in [-0.39, 0.29) is 24.3 Å². The summed E-state index contributed by atoms with van der Waals surface area (Å²) in [4.78, 5) is 26.6. The Morgan fingerprint density at radius 1 is 1.24 bits per heavy atom. The standard InChI is InChI=1S/C21H28N4O4/c1-13-8-9-17(25(13)21(26)27-5)11-14(2)28-19-15(3)20(24-12-23-19)29-18-7-6-10-22-16(18)4/h6-7,10,12-14,17H,8-9,11H2,1-5H3/t13?,14-,17?/m1/s1. The van der Waals surface area contributed by atoms with E-state index in [1.165, 1.54) is 13.4 Å². The van der Waals surface area contributed by atoms with Gasteiger partial charge in [0.25, 0.3) is 0 Å². The van der Waals surface area contributed by atoms with Crippen molar-refractivity contribution in [3.63, 3.8) is 0 Å². The van der Waals surface area contributed by atoms with Gasteiger partial charge in [0, 0.05) is 24.7 Å². The second-order valence-electron chi connectivity index (χ2n) is 7.42. The number of carbonyl (C=O) groups is 1. The molecule has 3 heterocycles. The molecule has 3 atom stereocenters. The van der Waals surface area contributed by atoms with E-state index < -0.39 is 0 Å². The number of amides is 1. The van der Waals surface area contributed by atoms with E-state index >= 15 is 0 Å². The molecule has 2 unspecified atom stereocenters.